The highest BCUT2D eigenvalue weighted by Gasteiger charge is 2.06. The molecule has 0 unspecified atom stereocenters. The van der Waals surface area contributed by atoms with Crippen molar-refractivity contribution in [2.24, 2.45) is 0 Å². The van der Waals surface area contributed by atoms with E-state index in [1.807, 2.05) is 22.9 Å². The van der Waals surface area contributed by atoms with Crippen LogP contribution in [0.1, 0.15) is 12.7 Å². The summed E-state index contributed by atoms with van der Waals surface area (Å²) >= 11 is 5.82. The van der Waals surface area contributed by atoms with Gasteiger partial charge in [-0.15, -0.1) is 0 Å². The summed E-state index contributed by atoms with van der Waals surface area (Å²) in [6.45, 7) is 1.53. The van der Waals surface area contributed by atoms with Gasteiger partial charge in [-0.05, 0) is 24.3 Å². The lowest BCUT2D eigenvalue weighted by Gasteiger charge is -2.07. The van der Waals surface area contributed by atoms with Crippen LogP contribution < -0.4 is 0 Å². The first-order valence-corrected chi connectivity index (χ1v) is 5.46. The van der Waals surface area contributed by atoms with Crippen molar-refractivity contribution < 1.29 is 9.53 Å². The average molecular weight is 251 g/mol. The molecular formula is C12H11ClN2O2. The fraction of sp³-hybridized carbons (Fsp3) is 0.167. The van der Waals surface area contributed by atoms with Crippen LogP contribution in [0, 0.1) is 0 Å². The number of esters is 1. The van der Waals surface area contributed by atoms with Crippen LogP contribution in [0.3, 0.4) is 0 Å². The first-order chi connectivity index (χ1) is 8.16. The molecule has 0 saturated heterocycles. The van der Waals surface area contributed by atoms with Crippen LogP contribution in [0.2, 0.25) is 5.02 Å². The van der Waals surface area contributed by atoms with Gasteiger partial charge in [-0.3, -0.25) is 4.79 Å². The molecule has 0 spiro atoms. The van der Waals surface area contributed by atoms with E-state index in [0.717, 1.165) is 5.69 Å². The Balaban J connectivity index is 2.24. The van der Waals surface area contributed by atoms with Crippen molar-refractivity contribution in [3.63, 3.8) is 0 Å². The zero-order valence-corrected chi connectivity index (χ0v) is 10.0. The third-order valence-corrected chi connectivity index (χ3v) is 2.48. The van der Waals surface area contributed by atoms with Crippen LogP contribution in [0.15, 0.2) is 36.7 Å². The van der Waals surface area contributed by atoms with Gasteiger partial charge in [0.05, 0.1) is 0 Å². The fourth-order valence-electron chi connectivity index (χ4n) is 1.44. The van der Waals surface area contributed by atoms with E-state index in [4.69, 9.17) is 16.3 Å². The highest BCUT2D eigenvalue weighted by Crippen LogP contribution is 2.15. The highest BCUT2D eigenvalue weighted by molar-refractivity contribution is 6.30. The Morgan fingerprint density at radius 1 is 1.41 bits per heavy atom. The van der Waals surface area contributed by atoms with E-state index in [2.05, 4.69) is 4.98 Å². The minimum Gasteiger partial charge on any atom is -0.458 e. The van der Waals surface area contributed by atoms with E-state index in [0.29, 0.717) is 10.8 Å². The molecule has 0 bridgehead atoms. The number of ether oxygens (including phenoxy) is 1. The van der Waals surface area contributed by atoms with E-state index in [1.54, 1.807) is 18.3 Å². The van der Waals surface area contributed by atoms with Crippen LogP contribution in [-0.4, -0.2) is 15.5 Å². The van der Waals surface area contributed by atoms with Gasteiger partial charge < -0.3 is 9.30 Å². The average Bonchev–Trinajstić information content (AvgIpc) is 2.75. The van der Waals surface area contributed by atoms with Crippen molar-refractivity contribution in [3.8, 4) is 5.69 Å². The monoisotopic (exact) mass is 250 g/mol. The first kappa shape index (κ1) is 11.7. The Labute approximate surface area is 104 Å². The summed E-state index contributed by atoms with van der Waals surface area (Å²) in [5, 5.41) is 0.676. The van der Waals surface area contributed by atoms with Crippen molar-refractivity contribution >= 4 is 17.6 Å². The van der Waals surface area contributed by atoms with Crippen molar-refractivity contribution in [2.45, 2.75) is 13.5 Å². The molecule has 0 atom stereocenters. The molecule has 0 aliphatic carbocycles. The van der Waals surface area contributed by atoms with Gasteiger partial charge in [0, 0.05) is 30.0 Å². The van der Waals surface area contributed by atoms with Crippen molar-refractivity contribution in [1.82, 2.24) is 9.55 Å². The molecule has 2 rings (SSSR count). The first-order valence-electron chi connectivity index (χ1n) is 5.08. The van der Waals surface area contributed by atoms with Crippen LogP contribution in [-0.2, 0) is 16.1 Å². The summed E-state index contributed by atoms with van der Waals surface area (Å²) in [7, 11) is 0. The molecule has 5 heteroatoms. The quantitative estimate of drug-likeness (QED) is 0.787. The Kier molecular flexibility index (Phi) is 3.44. The number of benzene rings is 1. The SMILES string of the molecule is CC(=O)OCc1nccn1-c1ccc(Cl)cc1. The Morgan fingerprint density at radius 2 is 2.12 bits per heavy atom. The van der Waals surface area contributed by atoms with Gasteiger partial charge in [0.2, 0.25) is 0 Å². The number of halogens is 1. The predicted molar refractivity (Wildman–Crippen MR) is 64.0 cm³/mol. The standard InChI is InChI=1S/C12H11ClN2O2/c1-9(16)17-8-12-14-6-7-15(12)11-4-2-10(13)3-5-11/h2-7H,8H2,1H3. The van der Waals surface area contributed by atoms with Gasteiger partial charge in [-0.1, -0.05) is 11.6 Å². The number of rotatable bonds is 3. The summed E-state index contributed by atoms with van der Waals surface area (Å²) in [4.78, 5) is 14.9. The maximum Gasteiger partial charge on any atom is 0.303 e. The zero-order valence-electron chi connectivity index (χ0n) is 9.26. The Morgan fingerprint density at radius 3 is 2.76 bits per heavy atom. The molecular weight excluding hydrogens is 240 g/mol. The number of hydrogen-bond acceptors (Lipinski definition) is 3. The highest BCUT2D eigenvalue weighted by atomic mass is 35.5. The smallest absolute Gasteiger partial charge is 0.303 e. The van der Waals surface area contributed by atoms with Crippen molar-refractivity contribution in [1.29, 1.82) is 0 Å². The van der Waals surface area contributed by atoms with Gasteiger partial charge >= 0.3 is 5.97 Å². The normalized spacial score (nSPS) is 10.2. The van der Waals surface area contributed by atoms with Crippen molar-refractivity contribution in [3.05, 3.63) is 47.5 Å². The van der Waals surface area contributed by atoms with E-state index in [1.165, 1.54) is 6.92 Å². The lowest BCUT2D eigenvalue weighted by Crippen LogP contribution is -2.05. The number of hydrogen-bond donors (Lipinski definition) is 0. The van der Waals surface area contributed by atoms with E-state index >= 15 is 0 Å². The van der Waals surface area contributed by atoms with Gasteiger partial charge in [0.25, 0.3) is 0 Å². The molecule has 0 aliphatic heterocycles. The van der Waals surface area contributed by atoms with Crippen LogP contribution >= 0.6 is 11.6 Å². The summed E-state index contributed by atoms with van der Waals surface area (Å²) < 4.78 is 6.77. The minimum absolute atomic E-state index is 0.158. The molecule has 1 heterocycles. The van der Waals surface area contributed by atoms with Gasteiger partial charge in [0.1, 0.15) is 6.61 Å². The molecule has 0 aliphatic rings. The summed E-state index contributed by atoms with van der Waals surface area (Å²) in [5.41, 5.74) is 0.925. The Hall–Kier alpha value is -1.81. The molecule has 2 aromatic rings. The molecule has 0 N–H and O–H groups in total. The molecule has 88 valence electrons. The number of carbonyl (C=O) groups is 1. The van der Waals surface area contributed by atoms with E-state index < -0.39 is 0 Å². The third-order valence-electron chi connectivity index (χ3n) is 2.23. The largest absolute Gasteiger partial charge is 0.458 e. The summed E-state index contributed by atoms with van der Waals surface area (Å²) in [5.74, 6) is 0.346. The molecule has 0 saturated carbocycles. The maximum absolute atomic E-state index is 10.8. The molecule has 0 radical (unpaired) electrons. The van der Waals surface area contributed by atoms with Crippen LogP contribution in [0.4, 0.5) is 0 Å². The molecule has 0 amide bonds. The molecule has 4 nitrogen and oxygen atoms in total. The number of imidazole rings is 1. The third kappa shape index (κ3) is 2.85. The maximum atomic E-state index is 10.8. The van der Waals surface area contributed by atoms with Crippen molar-refractivity contribution in [2.75, 3.05) is 0 Å². The zero-order chi connectivity index (χ0) is 12.3. The lowest BCUT2D eigenvalue weighted by molar-refractivity contribution is -0.142. The summed E-state index contributed by atoms with van der Waals surface area (Å²) in [6, 6.07) is 7.35. The minimum atomic E-state index is -0.323. The second-order valence-corrected chi connectivity index (χ2v) is 3.91. The lowest BCUT2D eigenvalue weighted by atomic mass is 10.3. The van der Waals surface area contributed by atoms with E-state index in [-0.39, 0.29) is 12.6 Å². The topological polar surface area (TPSA) is 44.1 Å². The molecule has 17 heavy (non-hydrogen) atoms. The van der Waals surface area contributed by atoms with Crippen LogP contribution in [0.5, 0.6) is 0 Å². The summed E-state index contributed by atoms with van der Waals surface area (Å²) in [6.07, 6.45) is 3.47. The predicted octanol–water partition coefficient (Wildman–Crippen LogP) is 2.59. The van der Waals surface area contributed by atoms with Gasteiger partial charge in [-0.25, -0.2) is 4.98 Å². The molecule has 1 aromatic heterocycles. The fourth-order valence-corrected chi connectivity index (χ4v) is 1.57. The number of aromatic nitrogens is 2. The molecule has 0 fully saturated rings. The number of nitrogens with zero attached hydrogens (tertiary/aromatic N) is 2. The van der Waals surface area contributed by atoms with Gasteiger partial charge in [-0.2, -0.15) is 0 Å². The van der Waals surface area contributed by atoms with Gasteiger partial charge in [0.15, 0.2) is 5.82 Å². The number of carbonyl (C=O) groups excluding carboxylic acids is 1. The second kappa shape index (κ2) is 5.01. The Bertz CT molecular complexity index is 520. The molecule has 1 aromatic carbocycles. The second-order valence-electron chi connectivity index (χ2n) is 3.47. The van der Waals surface area contributed by atoms with E-state index in [9.17, 15) is 4.79 Å². The van der Waals surface area contributed by atoms with Crippen LogP contribution in [0.25, 0.3) is 5.69 Å².